The van der Waals surface area contributed by atoms with Gasteiger partial charge in [0.25, 0.3) is 0 Å². The van der Waals surface area contributed by atoms with E-state index in [1.807, 2.05) is 42.5 Å². The molecule has 0 radical (unpaired) electrons. The zero-order chi connectivity index (χ0) is 15.9. The minimum absolute atomic E-state index is 0.737. The van der Waals surface area contributed by atoms with Gasteiger partial charge in [0.2, 0.25) is 0 Å². The molecule has 1 heterocycles. The highest BCUT2D eigenvalue weighted by Crippen LogP contribution is 2.15. The molecule has 2 nitrogen and oxygen atoms in total. The van der Waals surface area contributed by atoms with Crippen LogP contribution in [0.5, 0.6) is 0 Å². The van der Waals surface area contributed by atoms with Crippen LogP contribution in [0.2, 0.25) is 0 Å². The lowest BCUT2D eigenvalue weighted by molar-refractivity contribution is 0.238. The Morgan fingerprint density at radius 1 is 1.13 bits per heavy atom. The van der Waals surface area contributed by atoms with Crippen LogP contribution in [0.4, 0.5) is 0 Å². The van der Waals surface area contributed by atoms with Crippen molar-refractivity contribution in [3.05, 3.63) is 89.3 Å². The molecule has 23 heavy (non-hydrogen) atoms. The number of hydrogen-bond donors (Lipinski definition) is 1. The van der Waals surface area contributed by atoms with Crippen molar-refractivity contribution in [1.82, 2.24) is 4.98 Å². The molecular formula is C21H19NO. The highest BCUT2D eigenvalue weighted by molar-refractivity contribution is 5.37. The van der Waals surface area contributed by atoms with E-state index in [4.69, 9.17) is 0 Å². The first-order valence-electron chi connectivity index (χ1n) is 7.85. The maximum atomic E-state index is 10.2. The van der Waals surface area contributed by atoms with Crippen LogP contribution < -0.4 is 0 Å². The van der Waals surface area contributed by atoms with Crippen LogP contribution in [0.3, 0.4) is 0 Å². The minimum Gasteiger partial charge on any atom is -0.376 e. The van der Waals surface area contributed by atoms with Gasteiger partial charge in [0.15, 0.2) is 0 Å². The number of rotatable bonds is 3. The number of allylic oxidation sites excluding steroid dienone is 4. The zero-order valence-electron chi connectivity index (χ0n) is 12.9. The molecule has 1 aliphatic carbocycles. The average molecular weight is 301 g/mol. The normalized spacial score (nSPS) is 14.6. The van der Waals surface area contributed by atoms with Gasteiger partial charge in [-0.25, -0.2) is 0 Å². The van der Waals surface area contributed by atoms with E-state index in [-0.39, 0.29) is 0 Å². The number of benzene rings is 1. The zero-order valence-corrected chi connectivity index (χ0v) is 12.9. The second-order valence-electron chi connectivity index (χ2n) is 5.58. The van der Waals surface area contributed by atoms with E-state index in [0.29, 0.717) is 0 Å². The third-order valence-electron chi connectivity index (χ3n) is 3.77. The first-order valence-corrected chi connectivity index (χ1v) is 7.85. The van der Waals surface area contributed by atoms with Crippen LogP contribution in [-0.4, -0.2) is 10.1 Å². The Morgan fingerprint density at radius 2 is 2.00 bits per heavy atom. The number of aromatic nitrogens is 1. The Kier molecular flexibility index (Phi) is 5.03. The minimum atomic E-state index is -0.792. The summed E-state index contributed by atoms with van der Waals surface area (Å²) < 4.78 is 0. The fraction of sp³-hybridized carbons (Fsp3) is 0.190. The molecular weight excluding hydrogens is 282 g/mol. The van der Waals surface area contributed by atoms with Gasteiger partial charge in [-0.15, -0.1) is 0 Å². The summed E-state index contributed by atoms with van der Waals surface area (Å²) in [5, 5.41) is 10.2. The molecule has 1 aromatic heterocycles. The van der Waals surface area contributed by atoms with Gasteiger partial charge in [-0.3, -0.25) is 4.98 Å². The quantitative estimate of drug-likeness (QED) is 0.870. The van der Waals surface area contributed by atoms with Gasteiger partial charge in [-0.1, -0.05) is 66.5 Å². The van der Waals surface area contributed by atoms with Crippen LogP contribution in [-0.2, 0) is 6.42 Å². The molecule has 1 aliphatic rings. The highest BCUT2D eigenvalue weighted by Gasteiger charge is 2.05. The molecule has 0 amide bonds. The molecule has 3 rings (SSSR count). The van der Waals surface area contributed by atoms with E-state index >= 15 is 0 Å². The van der Waals surface area contributed by atoms with E-state index < -0.39 is 6.10 Å². The molecule has 1 atom stereocenters. The molecule has 0 spiro atoms. The fourth-order valence-electron chi connectivity index (χ4n) is 2.46. The van der Waals surface area contributed by atoms with Crippen LogP contribution >= 0.6 is 0 Å². The molecule has 0 aliphatic heterocycles. The summed E-state index contributed by atoms with van der Waals surface area (Å²) in [6.45, 7) is 0. The van der Waals surface area contributed by atoms with E-state index in [1.54, 1.807) is 6.20 Å². The van der Waals surface area contributed by atoms with Crippen LogP contribution in [0.1, 0.15) is 35.8 Å². The monoisotopic (exact) mass is 301 g/mol. The molecule has 0 saturated heterocycles. The third-order valence-corrected chi connectivity index (χ3v) is 3.77. The molecule has 1 N–H and O–H groups in total. The summed E-state index contributed by atoms with van der Waals surface area (Å²) in [4.78, 5) is 4.44. The van der Waals surface area contributed by atoms with Crippen molar-refractivity contribution in [2.45, 2.75) is 25.4 Å². The Hall–Kier alpha value is -2.63. The fourth-order valence-corrected chi connectivity index (χ4v) is 2.46. The van der Waals surface area contributed by atoms with Gasteiger partial charge >= 0.3 is 0 Å². The number of pyridine rings is 1. The van der Waals surface area contributed by atoms with Crippen molar-refractivity contribution < 1.29 is 5.11 Å². The first kappa shape index (κ1) is 15.3. The van der Waals surface area contributed by atoms with Crippen molar-refractivity contribution in [3.8, 4) is 11.8 Å². The second kappa shape index (κ2) is 7.58. The van der Waals surface area contributed by atoms with Gasteiger partial charge < -0.3 is 5.11 Å². The number of nitrogens with zero attached hydrogens (tertiary/aromatic N) is 1. The Morgan fingerprint density at radius 3 is 2.70 bits per heavy atom. The summed E-state index contributed by atoms with van der Waals surface area (Å²) in [5.74, 6) is 5.96. The summed E-state index contributed by atoms with van der Waals surface area (Å²) in [7, 11) is 0. The standard InChI is InChI=1S/C21H19NO/c23-21(14-11-17-7-3-1-4-8-17)19-12-13-20(22-16-19)15-18-9-5-2-6-10-18/h1-3,5-7,9-10,12-13,16,21,23H,4,8,15H2. The lowest BCUT2D eigenvalue weighted by Crippen LogP contribution is -1.98. The van der Waals surface area contributed by atoms with E-state index in [9.17, 15) is 5.11 Å². The lowest BCUT2D eigenvalue weighted by Gasteiger charge is -2.06. The predicted molar refractivity (Wildman–Crippen MR) is 92.7 cm³/mol. The Labute approximate surface area is 137 Å². The van der Waals surface area contributed by atoms with Crippen LogP contribution in [0, 0.1) is 11.8 Å². The van der Waals surface area contributed by atoms with Gasteiger partial charge in [-0.2, -0.15) is 0 Å². The van der Waals surface area contributed by atoms with Gasteiger partial charge in [0.05, 0.1) is 0 Å². The van der Waals surface area contributed by atoms with Crippen molar-refractivity contribution in [2.75, 3.05) is 0 Å². The van der Waals surface area contributed by atoms with Crippen molar-refractivity contribution in [2.24, 2.45) is 0 Å². The second-order valence-corrected chi connectivity index (χ2v) is 5.58. The highest BCUT2D eigenvalue weighted by atomic mass is 16.3. The van der Waals surface area contributed by atoms with Gasteiger partial charge in [-0.05, 0) is 24.5 Å². The Balaban J connectivity index is 1.66. The number of hydrogen-bond acceptors (Lipinski definition) is 2. The van der Waals surface area contributed by atoms with E-state index in [2.05, 4.69) is 35.0 Å². The van der Waals surface area contributed by atoms with Crippen LogP contribution in [0.15, 0.2) is 72.5 Å². The van der Waals surface area contributed by atoms with E-state index in [1.165, 1.54) is 5.56 Å². The topological polar surface area (TPSA) is 33.1 Å². The number of aliphatic hydroxyl groups is 1. The molecule has 0 saturated carbocycles. The summed E-state index contributed by atoms with van der Waals surface area (Å²) in [5.41, 5.74) is 4.02. The lowest BCUT2D eigenvalue weighted by atomic mass is 10.0. The van der Waals surface area contributed by atoms with Gasteiger partial charge in [0, 0.05) is 29.4 Å². The molecule has 114 valence electrons. The summed E-state index contributed by atoms with van der Waals surface area (Å²) >= 11 is 0. The summed E-state index contributed by atoms with van der Waals surface area (Å²) in [6.07, 6.45) is 9.83. The Bertz CT molecular complexity index is 761. The SMILES string of the molecule is OC(C#CC1=CC=CCC1)c1ccc(Cc2ccccc2)nc1. The number of aliphatic hydroxyl groups excluding tert-OH is 1. The first-order chi connectivity index (χ1) is 11.3. The molecule has 1 aromatic carbocycles. The van der Waals surface area contributed by atoms with Crippen LogP contribution in [0.25, 0.3) is 0 Å². The molecule has 0 bridgehead atoms. The molecule has 2 heteroatoms. The van der Waals surface area contributed by atoms with Gasteiger partial charge in [0.1, 0.15) is 6.10 Å². The molecule has 0 fully saturated rings. The average Bonchev–Trinajstić information content (AvgIpc) is 2.62. The van der Waals surface area contributed by atoms with E-state index in [0.717, 1.165) is 36.1 Å². The maximum Gasteiger partial charge on any atom is 0.142 e. The predicted octanol–water partition coefficient (Wildman–Crippen LogP) is 3.99. The summed E-state index contributed by atoms with van der Waals surface area (Å²) in [6, 6.07) is 14.1. The largest absolute Gasteiger partial charge is 0.376 e. The maximum absolute atomic E-state index is 10.2. The third kappa shape index (κ3) is 4.42. The van der Waals surface area contributed by atoms with Crippen molar-refractivity contribution in [1.29, 1.82) is 0 Å². The molecule has 2 aromatic rings. The van der Waals surface area contributed by atoms with Crippen molar-refractivity contribution >= 4 is 0 Å². The van der Waals surface area contributed by atoms with Crippen molar-refractivity contribution in [3.63, 3.8) is 0 Å². The molecule has 1 unspecified atom stereocenters. The smallest absolute Gasteiger partial charge is 0.142 e.